The highest BCUT2D eigenvalue weighted by Crippen LogP contribution is 2.33. The molecule has 0 radical (unpaired) electrons. The van der Waals surface area contributed by atoms with Gasteiger partial charge >= 0.3 is 23.9 Å². The SMILES string of the molecule is CC(=O)OC[C@H]1O[C@@H](Oc2cccc3ccccc23)[C@@H](OC(C)=O)[C@@H](OC(C)=O)[C@@H]1OC(C)=O. The molecule has 0 aliphatic carbocycles. The average Bonchev–Trinajstić information content (AvgIpc) is 2.75. The molecule has 10 nitrogen and oxygen atoms in total. The summed E-state index contributed by atoms with van der Waals surface area (Å²) in [5, 5.41) is 1.66. The van der Waals surface area contributed by atoms with Crippen molar-refractivity contribution < 1.29 is 47.6 Å². The molecular weight excluding hydrogens is 448 g/mol. The van der Waals surface area contributed by atoms with E-state index in [1.165, 1.54) is 13.8 Å². The highest BCUT2D eigenvalue weighted by molar-refractivity contribution is 5.88. The third kappa shape index (κ3) is 6.22. The van der Waals surface area contributed by atoms with Crippen molar-refractivity contribution in [3.05, 3.63) is 42.5 Å². The summed E-state index contributed by atoms with van der Waals surface area (Å²) in [6.07, 6.45) is -6.19. The molecule has 0 bridgehead atoms. The molecule has 2 aromatic carbocycles. The first-order chi connectivity index (χ1) is 16.2. The van der Waals surface area contributed by atoms with Gasteiger partial charge in [-0.05, 0) is 11.5 Å². The second-order valence-electron chi connectivity index (χ2n) is 7.66. The minimum atomic E-state index is -1.29. The van der Waals surface area contributed by atoms with Crippen LogP contribution in [-0.2, 0) is 42.9 Å². The van der Waals surface area contributed by atoms with Crippen LogP contribution < -0.4 is 4.74 Å². The van der Waals surface area contributed by atoms with E-state index in [2.05, 4.69) is 0 Å². The molecular formula is C24H26O10. The largest absolute Gasteiger partial charge is 0.463 e. The fraction of sp³-hybridized carbons (Fsp3) is 0.417. The van der Waals surface area contributed by atoms with Gasteiger partial charge in [-0.3, -0.25) is 19.2 Å². The number of ether oxygens (including phenoxy) is 6. The van der Waals surface area contributed by atoms with Gasteiger partial charge in [0.2, 0.25) is 12.4 Å². The molecule has 1 heterocycles. The topological polar surface area (TPSA) is 124 Å². The summed E-state index contributed by atoms with van der Waals surface area (Å²) in [6, 6.07) is 12.8. The standard InChI is InChI=1S/C24H26O10/c1-13(25)29-12-20-21(30-14(2)26)22(31-15(3)27)23(32-16(4)28)24(34-20)33-19-11-7-9-17-8-5-6-10-18(17)19/h5-11,20-24H,12H2,1-4H3/t20-,21-,22+,23+,24-/m1/s1. The molecule has 0 amide bonds. The van der Waals surface area contributed by atoms with Gasteiger partial charge in [-0.15, -0.1) is 0 Å². The van der Waals surface area contributed by atoms with E-state index < -0.39 is 54.6 Å². The summed E-state index contributed by atoms with van der Waals surface area (Å²) in [5.41, 5.74) is 0. The zero-order valence-electron chi connectivity index (χ0n) is 19.2. The molecule has 0 unspecified atom stereocenters. The van der Waals surface area contributed by atoms with Crippen LogP contribution in [0, 0.1) is 0 Å². The Morgan fingerprint density at radius 3 is 1.97 bits per heavy atom. The Morgan fingerprint density at radius 2 is 1.32 bits per heavy atom. The van der Waals surface area contributed by atoms with Gasteiger partial charge < -0.3 is 28.4 Å². The lowest BCUT2D eigenvalue weighted by Crippen LogP contribution is -2.63. The van der Waals surface area contributed by atoms with Crippen molar-refractivity contribution in [2.24, 2.45) is 0 Å². The fourth-order valence-electron chi connectivity index (χ4n) is 3.71. The van der Waals surface area contributed by atoms with E-state index in [1.54, 1.807) is 12.1 Å². The molecule has 0 saturated carbocycles. The number of fused-ring (bicyclic) bond motifs is 1. The first-order valence-electron chi connectivity index (χ1n) is 10.6. The summed E-state index contributed by atoms with van der Waals surface area (Å²) >= 11 is 0. The Balaban J connectivity index is 2.03. The second kappa shape index (κ2) is 11.0. The second-order valence-corrected chi connectivity index (χ2v) is 7.66. The van der Waals surface area contributed by atoms with Crippen LogP contribution >= 0.6 is 0 Å². The van der Waals surface area contributed by atoms with Crippen LogP contribution in [0.4, 0.5) is 0 Å². The number of benzene rings is 2. The zero-order valence-corrected chi connectivity index (χ0v) is 19.2. The Hall–Kier alpha value is -3.66. The first-order valence-corrected chi connectivity index (χ1v) is 10.6. The van der Waals surface area contributed by atoms with Crippen molar-refractivity contribution in [1.82, 2.24) is 0 Å². The molecule has 2 aromatic rings. The molecule has 0 aromatic heterocycles. The van der Waals surface area contributed by atoms with E-state index in [-0.39, 0.29) is 6.61 Å². The normalized spacial score (nSPS) is 24.1. The van der Waals surface area contributed by atoms with E-state index >= 15 is 0 Å². The van der Waals surface area contributed by atoms with E-state index in [0.29, 0.717) is 5.75 Å². The summed E-state index contributed by atoms with van der Waals surface area (Å²) in [5.74, 6) is -2.29. The van der Waals surface area contributed by atoms with Crippen LogP contribution in [0.2, 0.25) is 0 Å². The van der Waals surface area contributed by atoms with Crippen molar-refractivity contribution in [2.75, 3.05) is 6.61 Å². The fourth-order valence-corrected chi connectivity index (χ4v) is 3.71. The highest BCUT2D eigenvalue weighted by Gasteiger charge is 2.53. The summed E-state index contributed by atoms with van der Waals surface area (Å²) in [6.45, 7) is 4.37. The highest BCUT2D eigenvalue weighted by atomic mass is 16.7. The average molecular weight is 474 g/mol. The number of hydrogen-bond donors (Lipinski definition) is 0. The predicted molar refractivity (Wildman–Crippen MR) is 117 cm³/mol. The Kier molecular flexibility index (Phi) is 8.06. The molecule has 1 saturated heterocycles. The first kappa shape index (κ1) is 25.0. The van der Waals surface area contributed by atoms with Gasteiger partial charge in [-0.1, -0.05) is 36.4 Å². The lowest BCUT2D eigenvalue weighted by Gasteiger charge is -2.44. The summed E-state index contributed by atoms with van der Waals surface area (Å²) in [7, 11) is 0. The number of hydrogen-bond acceptors (Lipinski definition) is 10. The molecule has 3 rings (SSSR count). The lowest BCUT2D eigenvalue weighted by molar-refractivity contribution is -0.288. The van der Waals surface area contributed by atoms with Crippen LogP contribution in [0.15, 0.2) is 42.5 Å². The van der Waals surface area contributed by atoms with Crippen LogP contribution in [0.5, 0.6) is 5.75 Å². The van der Waals surface area contributed by atoms with Crippen LogP contribution in [0.1, 0.15) is 27.7 Å². The number of carbonyl (C=O) groups is 4. The predicted octanol–water partition coefficient (Wildman–Crippen LogP) is 2.30. The maximum atomic E-state index is 11.9. The van der Waals surface area contributed by atoms with Crippen molar-refractivity contribution in [3.63, 3.8) is 0 Å². The maximum Gasteiger partial charge on any atom is 0.303 e. The van der Waals surface area contributed by atoms with Crippen molar-refractivity contribution in [1.29, 1.82) is 0 Å². The Labute approximate surface area is 196 Å². The van der Waals surface area contributed by atoms with Gasteiger partial charge in [0.05, 0.1) is 0 Å². The molecule has 1 aliphatic heterocycles. The molecule has 182 valence electrons. The molecule has 0 N–H and O–H groups in total. The van der Waals surface area contributed by atoms with Gasteiger partial charge in [-0.25, -0.2) is 0 Å². The quantitative estimate of drug-likeness (QED) is 0.436. The summed E-state index contributed by atoms with van der Waals surface area (Å²) < 4.78 is 33.4. The molecule has 1 fully saturated rings. The van der Waals surface area contributed by atoms with Crippen LogP contribution in [-0.4, -0.2) is 61.2 Å². The number of carbonyl (C=O) groups excluding carboxylic acids is 4. The lowest BCUT2D eigenvalue weighted by atomic mass is 9.98. The van der Waals surface area contributed by atoms with Gasteiger partial charge in [0.15, 0.2) is 12.2 Å². The molecule has 1 aliphatic rings. The minimum Gasteiger partial charge on any atom is -0.463 e. The Bertz CT molecular complexity index is 1060. The third-order valence-corrected chi connectivity index (χ3v) is 4.94. The molecule has 10 heteroatoms. The maximum absolute atomic E-state index is 11.9. The van der Waals surface area contributed by atoms with Crippen molar-refractivity contribution in [2.45, 2.75) is 58.4 Å². The number of esters is 4. The Morgan fingerprint density at radius 1 is 0.735 bits per heavy atom. The molecule has 34 heavy (non-hydrogen) atoms. The van der Waals surface area contributed by atoms with E-state index in [4.69, 9.17) is 28.4 Å². The van der Waals surface area contributed by atoms with Crippen LogP contribution in [0.25, 0.3) is 10.8 Å². The monoisotopic (exact) mass is 474 g/mol. The smallest absolute Gasteiger partial charge is 0.303 e. The zero-order chi connectivity index (χ0) is 24.8. The molecule has 5 atom stereocenters. The van der Waals surface area contributed by atoms with Gasteiger partial charge in [0, 0.05) is 33.1 Å². The van der Waals surface area contributed by atoms with E-state index in [1.807, 2.05) is 30.3 Å². The number of rotatable bonds is 7. The summed E-state index contributed by atoms with van der Waals surface area (Å²) in [4.78, 5) is 47.1. The van der Waals surface area contributed by atoms with Crippen LogP contribution in [0.3, 0.4) is 0 Å². The third-order valence-electron chi connectivity index (χ3n) is 4.94. The van der Waals surface area contributed by atoms with E-state index in [0.717, 1.165) is 24.6 Å². The van der Waals surface area contributed by atoms with Gasteiger partial charge in [0.1, 0.15) is 18.5 Å². The van der Waals surface area contributed by atoms with Crippen molar-refractivity contribution in [3.8, 4) is 5.75 Å². The van der Waals surface area contributed by atoms with Gasteiger partial charge in [0.25, 0.3) is 0 Å². The van der Waals surface area contributed by atoms with Crippen molar-refractivity contribution >= 4 is 34.6 Å². The molecule has 0 spiro atoms. The minimum absolute atomic E-state index is 0.326. The van der Waals surface area contributed by atoms with Gasteiger partial charge in [-0.2, -0.15) is 0 Å². The van der Waals surface area contributed by atoms with E-state index in [9.17, 15) is 19.2 Å².